The number of amides is 1. The van der Waals surface area contributed by atoms with Crippen LogP contribution < -0.4 is 10.6 Å². The second-order valence-electron chi connectivity index (χ2n) is 9.01. The molecule has 1 amide bonds. The number of nitrogens with two attached hydrogens (primary N) is 1. The lowest BCUT2D eigenvalue weighted by Crippen LogP contribution is -2.39. The second kappa shape index (κ2) is 9.77. The minimum Gasteiger partial charge on any atom is -0.378 e. The fraction of sp³-hybridized carbons (Fsp3) is 0.522. The average Bonchev–Trinajstić information content (AvgIpc) is 3.26. The van der Waals surface area contributed by atoms with Crippen molar-refractivity contribution < 1.29 is 9.53 Å². The Kier molecular flexibility index (Phi) is 6.57. The van der Waals surface area contributed by atoms with Crippen LogP contribution in [0, 0.1) is 5.92 Å². The molecular formula is C23H30N8O2S. The normalized spacial score (nSPS) is 17.9. The smallest absolute Gasteiger partial charge is 0.225 e. The van der Waals surface area contributed by atoms with Gasteiger partial charge in [-0.2, -0.15) is 0 Å². The number of ether oxygens (including phenoxy) is 1. The van der Waals surface area contributed by atoms with Crippen molar-refractivity contribution >= 4 is 39.2 Å². The fourth-order valence-electron chi connectivity index (χ4n) is 4.54. The Morgan fingerprint density at radius 1 is 1.15 bits per heavy atom. The number of hydrogen-bond donors (Lipinski definition) is 1. The quantitative estimate of drug-likeness (QED) is 0.582. The summed E-state index contributed by atoms with van der Waals surface area (Å²) >= 11 is 1.75. The van der Waals surface area contributed by atoms with Crippen LogP contribution in [0.1, 0.15) is 17.7 Å². The maximum atomic E-state index is 12.3. The van der Waals surface area contributed by atoms with Gasteiger partial charge in [-0.15, -0.1) is 11.3 Å². The number of carbonyl (C=O) groups excluding carboxylic acids is 1. The Morgan fingerprint density at radius 3 is 2.53 bits per heavy atom. The number of anilines is 2. The summed E-state index contributed by atoms with van der Waals surface area (Å²) in [7, 11) is 3.67. The zero-order valence-electron chi connectivity index (χ0n) is 19.6. The summed E-state index contributed by atoms with van der Waals surface area (Å²) in [6.45, 7) is 5.67. The van der Waals surface area contributed by atoms with Gasteiger partial charge in [0.05, 0.1) is 29.0 Å². The zero-order valence-corrected chi connectivity index (χ0v) is 20.4. The van der Waals surface area contributed by atoms with Gasteiger partial charge < -0.3 is 20.3 Å². The summed E-state index contributed by atoms with van der Waals surface area (Å²) in [4.78, 5) is 38.0. The molecule has 3 aromatic heterocycles. The number of morpholine rings is 1. The molecular weight excluding hydrogens is 452 g/mol. The fourth-order valence-corrected chi connectivity index (χ4v) is 5.69. The van der Waals surface area contributed by atoms with E-state index in [1.54, 1.807) is 28.6 Å². The highest BCUT2D eigenvalue weighted by Crippen LogP contribution is 2.35. The van der Waals surface area contributed by atoms with Gasteiger partial charge in [0.15, 0.2) is 11.6 Å². The molecule has 0 atom stereocenters. The molecule has 2 saturated heterocycles. The monoisotopic (exact) mass is 482 g/mol. The first-order chi connectivity index (χ1) is 16.5. The molecule has 5 rings (SSSR count). The Balaban J connectivity index is 1.41. The molecule has 34 heavy (non-hydrogen) atoms. The number of piperidine rings is 1. The van der Waals surface area contributed by atoms with Crippen molar-refractivity contribution in [2.75, 3.05) is 64.1 Å². The first kappa shape index (κ1) is 22.9. The largest absolute Gasteiger partial charge is 0.378 e. The van der Waals surface area contributed by atoms with Crippen LogP contribution in [0.2, 0.25) is 0 Å². The molecule has 0 spiro atoms. The van der Waals surface area contributed by atoms with Gasteiger partial charge in [-0.25, -0.2) is 19.9 Å². The molecule has 0 unspecified atom stereocenters. The van der Waals surface area contributed by atoms with Crippen molar-refractivity contribution in [2.45, 2.75) is 19.4 Å². The molecule has 2 N–H and O–H groups in total. The van der Waals surface area contributed by atoms with E-state index in [0.717, 1.165) is 67.2 Å². The number of hydrogen-bond acceptors (Lipinski definition) is 10. The number of nitrogens with zero attached hydrogens (tertiary/aromatic N) is 7. The molecule has 0 aromatic carbocycles. The number of thiophene rings is 1. The Morgan fingerprint density at radius 2 is 1.85 bits per heavy atom. The molecule has 0 radical (unpaired) electrons. The first-order valence-corrected chi connectivity index (χ1v) is 12.4. The van der Waals surface area contributed by atoms with E-state index in [0.29, 0.717) is 19.0 Å². The van der Waals surface area contributed by atoms with Crippen LogP contribution in [0.25, 0.3) is 21.6 Å². The molecule has 0 aliphatic carbocycles. The van der Waals surface area contributed by atoms with Crippen LogP contribution in [0.3, 0.4) is 0 Å². The molecule has 3 aromatic rings. The number of fused-ring (bicyclic) bond motifs is 1. The van der Waals surface area contributed by atoms with Crippen LogP contribution in [-0.2, 0) is 16.1 Å². The average molecular weight is 483 g/mol. The van der Waals surface area contributed by atoms with Crippen molar-refractivity contribution in [1.29, 1.82) is 0 Å². The van der Waals surface area contributed by atoms with E-state index >= 15 is 0 Å². The topological polar surface area (TPSA) is 114 Å². The van der Waals surface area contributed by atoms with E-state index in [9.17, 15) is 4.79 Å². The van der Waals surface area contributed by atoms with E-state index in [1.807, 2.05) is 14.1 Å². The lowest BCUT2D eigenvalue weighted by Gasteiger charge is -2.32. The van der Waals surface area contributed by atoms with Gasteiger partial charge in [0.25, 0.3) is 0 Å². The third-order valence-electron chi connectivity index (χ3n) is 6.40. The standard InChI is InChI=1S/C23H30N8O2S/c1-29(2)22(32)15-3-5-30(6-4-15)14-17-11-18-19(34-17)21(31-7-9-33-10-8-31)28-20(27-18)16-12-25-23(24)26-13-16/h11-13,15H,3-10,14H2,1-2H3,(H2,24,25,26). The number of aromatic nitrogens is 4. The van der Waals surface area contributed by atoms with Crippen LogP contribution in [-0.4, -0.2) is 89.1 Å². The molecule has 2 aliphatic rings. The minimum absolute atomic E-state index is 0.136. The summed E-state index contributed by atoms with van der Waals surface area (Å²) in [5.74, 6) is 2.14. The summed E-state index contributed by atoms with van der Waals surface area (Å²) in [6, 6.07) is 2.17. The van der Waals surface area contributed by atoms with Gasteiger partial charge in [0.2, 0.25) is 11.9 Å². The Bertz CT molecular complexity index is 1150. The van der Waals surface area contributed by atoms with Gasteiger partial charge in [-0.1, -0.05) is 0 Å². The predicted molar refractivity (Wildman–Crippen MR) is 133 cm³/mol. The summed E-state index contributed by atoms with van der Waals surface area (Å²) in [5.41, 5.74) is 7.34. The number of rotatable bonds is 5. The van der Waals surface area contributed by atoms with Gasteiger partial charge in [-0.3, -0.25) is 9.69 Å². The Labute approximate surface area is 202 Å². The molecule has 0 saturated carbocycles. The third-order valence-corrected chi connectivity index (χ3v) is 7.51. The molecule has 2 fully saturated rings. The van der Waals surface area contributed by atoms with E-state index in [4.69, 9.17) is 20.4 Å². The van der Waals surface area contributed by atoms with Crippen molar-refractivity contribution in [3.05, 3.63) is 23.3 Å². The molecule has 11 heteroatoms. The highest BCUT2D eigenvalue weighted by Gasteiger charge is 2.27. The van der Waals surface area contributed by atoms with Gasteiger partial charge >= 0.3 is 0 Å². The Hall–Kier alpha value is -2.89. The molecule has 0 bridgehead atoms. The minimum atomic E-state index is 0.136. The molecule has 180 valence electrons. The van der Waals surface area contributed by atoms with E-state index in [1.165, 1.54) is 4.88 Å². The zero-order chi connectivity index (χ0) is 23.7. The number of likely N-dealkylation sites (tertiary alicyclic amines) is 1. The molecule has 2 aliphatic heterocycles. The van der Waals surface area contributed by atoms with Crippen molar-refractivity contribution in [3.63, 3.8) is 0 Å². The van der Waals surface area contributed by atoms with Gasteiger partial charge in [-0.05, 0) is 32.0 Å². The van der Waals surface area contributed by atoms with Crippen molar-refractivity contribution in [3.8, 4) is 11.4 Å². The van der Waals surface area contributed by atoms with Crippen LogP contribution in [0.4, 0.5) is 11.8 Å². The van der Waals surface area contributed by atoms with Crippen LogP contribution >= 0.6 is 11.3 Å². The highest BCUT2D eigenvalue weighted by molar-refractivity contribution is 7.19. The van der Waals surface area contributed by atoms with Gasteiger partial charge in [0.1, 0.15) is 0 Å². The molecule has 5 heterocycles. The second-order valence-corrected chi connectivity index (χ2v) is 10.1. The summed E-state index contributed by atoms with van der Waals surface area (Å²) in [6.07, 6.45) is 5.14. The van der Waals surface area contributed by atoms with Crippen LogP contribution in [0.15, 0.2) is 18.5 Å². The summed E-state index contributed by atoms with van der Waals surface area (Å²) in [5, 5.41) is 0. The summed E-state index contributed by atoms with van der Waals surface area (Å²) < 4.78 is 6.65. The first-order valence-electron chi connectivity index (χ1n) is 11.6. The highest BCUT2D eigenvalue weighted by atomic mass is 32.1. The maximum Gasteiger partial charge on any atom is 0.225 e. The lowest BCUT2D eigenvalue weighted by atomic mass is 9.95. The third kappa shape index (κ3) is 4.82. The SMILES string of the molecule is CN(C)C(=O)C1CCN(Cc2cc3nc(-c4cnc(N)nc4)nc(N4CCOCC4)c3s2)CC1. The maximum absolute atomic E-state index is 12.3. The van der Waals surface area contributed by atoms with Crippen molar-refractivity contribution in [2.24, 2.45) is 5.92 Å². The van der Waals surface area contributed by atoms with E-state index < -0.39 is 0 Å². The van der Waals surface area contributed by atoms with Crippen molar-refractivity contribution in [1.82, 2.24) is 29.7 Å². The van der Waals surface area contributed by atoms with E-state index in [-0.39, 0.29) is 17.8 Å². The predicted octanol–water partition coefficient (Wildman–Crippen LogP) is 1.87. The number of nitrogen functional groups attached to an aromatic ring is 1. The number of carbonyl (C=O) groups is 1. The lowest BCUT2D eigenvalue weighted by molar-refractivity contribution is -0.134. The van der Waals surface area contributed by atoms with Crippen LogP contribution in [0.5, 0.6) is 0 Å². The van der Waals surface area contributed by atoms with E-state index in [2.05, 4.69) is 25.8 Å². The van der Waals surface area contributed by atoms with Gasteiger partial charge in [0, 0.05) is 56.9 Å². The molecule has 10 nitrogen and oxygen atoms in total.